The second-order valence-corrected chi connectivity index (χ2v) is 2.60. The zero-order valence-electron chi connectivity index (χ0n) is 9.62. The van der Waals surface area contributed by atoms with Gasteiger partial charge in [0.05, 0.1) is 0 Å². The Morgan fingerprint density at radius 1 is 1.07 bits per heavy atom. The average Bonchev–Trinajstić information content (AvgIpc) is 2.34. The normalized spacial score (nSPS) is 7.86. The lowest BCUT2D eigenvalue weighted by Gasteiger charge is -2.02. The van der Waals surface area contributed by atoms with Crippen molar-refractivity contribution in [3.8, 4) is 0 Å². The van der Waals surface area contributed by atoms with Crippen LogP contribution in [0.1, 0.15) is 31.9 Å². The molecule has 82 valence electrons. The van der Waals surface area contributed by atoms with Crippen LogP contribution in [0.15, 0.2) is 24.3 Å². The molecule has 1 N–H and O–H groups in total. The van der Waals surface area contributed by atoms with Crippen LogP contribution in [0, 0.1) is 0 Å². The van der Waals surface area contributed by atoms with Crippen molar-refractivity contribution in [3.05, 3.63) is 35.4 Å². The molecule has 0 amide bonds. The third-order valence-electron chi connectivity index (χ3n) is 1.67. The Labute approximate surface area is 93.6 Å². The standard InChI is InChI=1S/C9H12S.C2H6.CH4O/c1-2-8-5-3-4-6-9(8)7-10;2*1-2/h3-6,10H,2,7H2,1H3;1-2H3;2H,1H3. The van der Waals surface area contributed by atoms with Gasteiger partial charge in [-0.2, -0.15) is 12.6 Å². The van der Waals surface area contributed by atoms with E-state index in [0.29, 0.717) is 0 Å². The largest absolute Gasteiger partial charge is 0.400 e. The molecule has 0 fully saturated rings. The Bertz CT molecular complexity index is 188. The first-order valence-electron chi connectivity index (χ1n) is 5.01. The Morgan fingerprint density at radius 2 is 1.50 bits per heavy atom. The Hall–Kier alpha value is -0.470. The summed E-state index contributed by atoms with van der Waals surface area (Å²) in [6, 6.07) is 8.42. The highest BCUT2D eigenvalue weighted by molar-refractivity contribution is 7.79. The van der Waals surface area contributed by atoms with Crippen molar-refractivity contribution in [2.45, 2.75) is 32.9 Å². The molecular weight excluding hydrogens is 192 g/mol. The van der Waals surface area contributed by atoms with Crippen molar-refractivity contribution in [1.29, 1.82) is 0 Å². The smallest absolute Gasteiger partial charge is 0.0319 e. The van der Waals surface area contributed by atoms with Gasteiger partial charge in [0.1, 0.15) is 0 Å². The zero-order valence-corrected chi connectivity index (χ0v) is 10.5. The van der Waals surface area contributed by atoms with Gasteiger partial charge in [-0.15, -0.1) is 0 Å². The lowest BCUT2D eigenvalue weighted by atomic mass is 10.1. The summed E-state index contributed by atoms with van der Waals surface area (Å²) in [5, 5.41) is 7.00. The fraction of sp³-hybridized carbons (Fsp3) is 0.500. The van der Waals surface area contributed by atoms with Crippen LogP contribution >= 0.6 is 12.6 Å². The summed E-state index contributed by atoms with van der Waals surface area (Å²) in [6.07, 6.45) is 1.11. The highest BCUT2D eigenvalue weighted by Gasteiger charge is 1.94. The molecule has 0 aliphatic rings. The predicted molar refractivity (Wildman–Crippen MR) is 68.0 cm³/mol. The zero-order chi connectivity index (χ0) is 11.4. The van der Waals surface area contributed by atoms with E-state index in [1.165, 1.54) is 11.1 Å². The molecule has 0 aromatic heterocycles. The molecule has 0 unspecified atom stereocenters. The van der Waals surface area contributed by atoms with E-state index in [1.54, 1.807) is 0 Å². The minimum absolute atomic E-state index is 0.851. The minimum atomic E-state index is 0.851. The topological polar surface area (TPSA) is 20.2 Å². The third kappa shape index (κ3) is 6.06. The lowest BCUT2D eigenvalue weighted by molar-refractivity contribution is 0.399. The highest BCUT2D eigenvalue weighted by Crippen LogP contribution is 2.10. The molecule has 1 aromatic carbocycles. The Morgan fingerprint density at radius 3 is 1.79 bits per heavy atom. The molecule has 1 rings (SSSR count). The van der Waals surface area contributed by atoms with Crippen LogP contribution in [0.3, 0.4) is 0 Å². The van der Waals surface area contributed by atoms with Gasteiger partial charge >= 0.3 is 0 Å². The fourth-order valence-corrected chi connectivity index (χ4v) is 1.37. The van der Waals surface area contributed by atoms with Crippen molar-refractivity contribution in [1.82, 2.24) is 0 Å². The molecule has 1 aromatic rings. The molecular formula is C12H22OS. The van der Waals surface area contributed by atoms with Gasteiger partial charge in [0.2, 0.25) is 0 Å². The number of thiol groups is 1. The monoisotopic (exact) mass is 214 g/mol. The molecule has 0 saturated carbocycles. The summed E-state index contributed by atoms with van der Waals surface area (Å²) in [4.78, 5) is 0. The number of aliphatic hydroxyl groups is 1. The molecule has 0 radical (unpaired) electrons. The maximum atomic E-state index is 7.00. The van der Waals surface area contributed by atoms with Crippen LogP contribution in [0.2, 0.25) is 0 Å². The van der Waals surface area contributed by atoms with Gasteiger partial charge in [-0.05, 0) is 17.5 Å². The average molecular weight is 214 g/mol. The number of hydrogen-bond donors (Lipinski definition) is 2. The van der Waals surface area contributed by atoms with E-state index in [1.807, 2.05) is 13.8 Å². The first kappa shape index (κ1) is 16.0. The maximum absolute atomic E-state index is 7.00. The molecule has 0 aliphatic heterocycles. The quantitative estimate of drug-likeness (QED) is 0.724. The van der Waals surface area contributed by atoms with Crippen molar-refractivity contribution in [2.24, 2.45) is 0 Å². The Kier molecular flexibility index (Phi) is 14.3. The van der Waals surface area contributed by atoms with Crippen LogP contribution in [-0.2, 0) is 12.2 Å². The summed E-state index contributed by atoms with van der Waals surface area (Å²) in [6.45, 7) is 6.17. The van der Waals surface area contributed by atoms with E-state index in [2.05, 4.69) is 43.8 Å². The van der Waals surface area contributed by atoms with E-state index in [-0.39, 0.29) is 0 Å². The second-order valence-electron chi connectivity index (χ2n) is 2.28. The summed E-state index contributed by atoms with van der Waals surface area (Å²) in [7, 11) is 1.00. The van der Waals surface area contributed by atoms with Crippen LogP contribution in [0.25, 0.3) is 0 Å². The summed E-state index contributed by atoms with van der Waals surface area (Å²) in [5.74, 6) is 0.851. The van der Waals surface area contributed by atoms with Crippen LogP contribution in [0.4, 0.5) is 0 Å². The highest BCUT2D eigenvalue weighted by atomic mass is 32.1. The molecule has 0 aliphatic carbocycles. The number of rotatable bonds is 2. The van der Waals surface area contributed by atoms with Crippen LogP contribution < -0.4 is 0 Å². The van der Waals surface area contributed by atoms with E-state index < -0.39 is 0 Å². The molecule has 0 saturated heterocycles. The molecule has 0 bridgehead atoms. The van der Waals surface area contributed by atoms with E-state index in [9.17, 15) is 0 Å². The second kappa shape index (κ2) is 12.5. The Balaban J connectivity index is 0. The first-order chi connectivity index (χ1) is 6.88. The molecule has 1 nitrogen and oxygen atoms in total. The maximum Gasteiger partial charge on any atom is 0.0319 e. The van der Waals surface area contributed by atoms with Crippen molar-refractivity contribution in [3.63, 3.8) is 0 Å². The third-order valence-corrected chi connectivity index (χ3v) is 2.01. The number of aliphatic hydroxyl groups excluding tert-OH is 1. The van der Waals surface area contributed by atoms with Gasteiger partial charge in [-0.3, -0.25) is 0 Å². The SMILES string of the molecule is CC.CCc1ccccc1CS.CO. The number of hydrogen-bond acceptors (Lipinski definition) is 2. The van der Waals surface area contributed by atoms with E-state index in [4.69, 9.17) is 5.11 Å². The van der Waals surface area contributed by atoms with Gasteiger partial charge in [0.15, 0.2) is 0 Å². The molecule has 2 heteroatoms. The first-order valence-corrected chi connectivity index (χ1v) is 5.64. The van der Waals surface area contributed by atoms with Crippen molar-refractivity contribution < 1.29 is 5.11 Å². The van der Waals surface area contributed by atoms with Crippen molar-refractivity contribution >= 4 is 12.6 Å². The molecule has 0 heterocycles. The van der Waals surface area contributed by atoms with Crippen molar-refractivity contribution in [2.75, 3.05) is 7.11 Å². The summed E-state index contributed by atoms with van der Waals surface area (Å²) < 4.78 is 0. The van der Waals surface area contributed by atoms with Gasteiger partial charge in [-0.25, -0.2) is 0 Å². The van der Waals surface area contributed by atoms with Gasteiger partial charge in [-0.1, -0.05) is 45.0 Å². The minimum Gasteiger partial charge on any atom is -0.400 e. The number of benzene rings is 1. The molecule has 14 heavy (non-hydrogen) atoms. The number of aryl methyl sites for hydroxylation is 1. The fourth-order valence-electron chi connectivity index (χ4n) is 1.06. The van der Waals surface area contributed by atoms with E-state index in [0.717, 1.165) is 19.3 Å². The predicted octanol–water partition coefficient (Wildman–Crippen LogP) is 3.31. The van der Waals surface area contributed by atoms with Crippen LogP contribution in [-0.4, -0.2) is 12.2 Å². The summed E-state index contributed by atoms with van der Waals surface area (Å²) >= 11 is 4.23. The van der Waals surface area contributed by atoms with Crippen LogP contribution in [0.5, 0.6) is 0 Å². The summed E-state index contributed by atoms with van der Waals surface area (Å²) in [5.41, 5.74) is 2.77. The molecule has 0 atom stereocenters. The van der Waals surface area contributed by atoms with E-state index >= 15 is 0 Å². The molecule has 0 spiro atoms. The lowest BCUT2D eigenvalue weighted by Crippen LogP contribution is -1.86. The van der Waals surface area contributed by atoms with Gasteiger partial charge < -0.3 is 5.11 Å². The van der Waals surface area contributed by atoms with Gasteiger partial charge in [0, 0.05) is 12.9 Å². The van der Waals surface area contributed by atoms with Gasteiger partial charge in [0.25, 0.3) is 0 Å².